The number of fused-ring (bicyclic) bond motifs is 1. The lowest BCUT2D eigenvalue weighted by Crippen LogP contribution is -2.23. The van der Waals surface area contributed by atoms with Crippen molar-refractivity contribution in [3.05, 3.63) is 17.7 Å². The highest BCUT2D eigenvalue weighted by Crippen LogP contribution is 2.38. The van der Waals surface area contributed by atoms with Gasteiger partial charge in [-0.1, -0.05) is 0 Å². The van der Waals surface area contributed by atoms with Gasteiger partial charge < -0.3 is 25.1 Å². The molecule has 1 atom stereocenters. The molecule has 0 saturated heterocycles. The molecule has 0 aromatic heterocycles. The molecule has 3 N–H and O–H groups in total. The van der Waals surface area contributed by atoms with Gasteiger partial charge in [-0.3, -0.25) is 0 Å². The third kappa shape index (κ3) is 2.48. The highest BCUT2D eigenvalue weighted by molar-refractivity contribution is 5.72. The Hall–Kier alpha value is -1.95. The maximum absolute atomic E-state index is 10.8. The van der Waals surface area contributed by atoms with Crippen LogP contribution in [0.1, 0.15) is 12.5 Å². The molecule has 1 heterocycles. The van der Waals surface area contributed by atoms with Gasteiger partial charge in [-0.05, 0) is 31.5 Å². The van der Waals surface area contributed by atoms with E-state index < -0.39 is 12.1 Å². The van der Waals surface area contributed by atoms with Crippen molar-refractivity contribution in [2.75, 3.05) is 13.3 Å². The molecular formula is C12H15NO5. The minimum atomic E-state index is -1.02. The van der Waals surface area contributed by atoms with E-state index >= 15 is 0 Å². The largest absolute Gasteiger partial charge is 0.479 e. The number of nitrogens with two attached hydrogens (primary N) is 1. The summed E-state index contributed by atoms with van der Waals surface area (Å²) in [4.78, 5) is 10.8. The van der Waals surface area contributed by atoms with E-state index in [9.17, 15) is 4.79 Å². The minimum absolute atomic E-state index is 0.162. The van der Waals surface area contributed by atoms with Gasteiger partial charge in [0.15, 0.2) is 17.6 Å². The average molecular weight is 253 g/mol. The van der Waals surface area contributed by atoms with Gasteiger partial charge in [-0.15, -0.1) is 0 Å². The van der Waals surface area contributed by atoms with E-state index in [1.165, 1.54) is 6.92 Å². The molecule has 18 heavy (non-hydrogen) atoms. The molecule has 0 bridgehead atoms. The van der Waals surface area contributed by atoms with Gasteiger partial charge in [-0.25, -0.2) is 4.79 Å². The molecule has 1 aromatic carbocycles. The first-order chi connectivity index (χ1) is 8.61. The second-order valence-corrected chi connectivity index (χ2v) is 3.95. The van der Waals surface area contributed by atoms with E-state index in [-0.39, 0.29) is 6.79 Å². The molecule has 0 aliphatic carbocycles. The standard InChI is InChI=1S/C12H15NO5/c1-7(12(14)15)18-9-5-11-10(16-6-17-11)4-8(9)2-3-13/h4-5,7H,2-3,6,13H2,1H3,(H,14,15). The van der Waals surface area contributed by atoms with Crippen LogP contribution in [0.2, 0.25) is 0 Å². The van der Waals surface area contributed by atoms with Crippen LogP contribution >= 0.6 is 0 Å². The van der Waals surface area contributed by atoms with Crippen molar-refractivity contribution in [1.82, 2.24) is 0 Å². The molecule has 0 radical (unpaired) electrons. The Morgan fingerprint density at radius 2 is 2.17 bits per heavy atom. The van der Waals surface area contributed by atoms with Gasteiger partial charge in [0, 0.05) is 6.07 Å². The zero-order valence-electron chi connectivity index (χ0n) is 10.0. The fraction of sp³-hybridized carbons (Fsp3) is 0.417. The van der Waals surface area contributed by atoms with Crippen LogP contribution in [-0.2, 0) is 11.2 Å². The Bertz CT molecular complexity index is 460. The van der Waals surface area contributed by atoms with E-state index in [0.717, 1.165) is 5.56 Å². The van der Waals surface area contributed by atoms with Crippen LogP contribution in [-0.4, -0.2) is 30.5 Å². The number of hydrogen-bond donors (Lipinski definition) is 2. The Morgan fingerprint density at radius 1 is 1.50 bits per heavy atom. The van der Waals surface area contributed by atoms with Gasteiger partial charge in [-0.2, -0.15) is 0 Å². The second kappa shape index (κ2) is 5.14. The zero-order chi connectivity index (χ0) is 13.1. The minimum Gasteiger partial charge on any atom is -0.479 e. The molecule has 0 saturated carbocycles. The Morgan fingerprint density at radius 3 is 2.78 bits per heavy atom. The lowest BCUT2D eigenvalue weighted by Gasteiger charge is -2.15. The molecule has 1 aromatic rings. The number of ether oxygens (including phenoxy) is 3. The summed E-state index contributed by atoms with van der Waals surface area (Å²) in [7, 11) is 0. The van der Waals surface area contributed by atoms with Gasteiger partial charge in [0.25, 0.3) is 0 Å². The van der Waals surface area contributed by atoms with Crippen molar-refractivity contribution in [2.24, 2.45) is 5.73 Å². The van der Waals surface area contributed by atoms with E-state index in [2.05, 4.69) is 0 Å². The summed E-state index contributed by atoms with van der Waals surface area (Å²) >= 11 is 0. The van der Waals surface area contributed by atoms with Gasteiger partial charge in [0.2, 0.25) is 6.79 Å². The van der Waals surface area contributed by atoms with Crippen molar-refractivity contribution in [1.29, 1.82) is 0 Å². The zero-order valence-corrected chi connectivity index (χ0v) is 10.0. The van der Waals surface area contributed by atoms with Crippen molar-refractivity contribution in [2.45, 2.75) is 19.4 Å². The molecule has 1 aliphatic heterocycles. The van der Waals surface area contributed by atoms with E-state index in [1.807, 2.05) is 0 Å². The summed E-state index contributed by atoms with van der Waals surface area (Å²) in [5.41, 5.74) is 6.34. The topological polar surface area (TPSA) is 91.0 Å². The monoisotopic (exact) mass is 253 g/mol. The Labute approximate surface area is 104 Å². The van der Waals surface area contributed by atoms with Crippen LogP contribution in [0.5, 0.6) is 17.2 Å². The van der Waals surface area contributed by atoms with Gasteiger partial charge >= 0.3 is 5.97 Å². The SMILES string of the molecule is CC(Oc1cc2c(cc1CCN)OCO2)C(=O)O. The first kappa shape index (κ1) is 12.5. The van der Waals surface area contributed by atoms with Crippen molar-refractivity contribution in [3.63, 3.8) is 0 Å². The predicted molar refractivity (Wildman–Crippen MR) is 63.0 cm³/mol. The van der Waals surface area contributed by atoms with Crippen LogP contribution < -0.4 is 19.9 Å². The number of rotatable bonds is 5. The number of carboxylic acids is 1. The summed E-state index contributed by atoms with van der Waals surface area (Å²) in [5, 5.41) is 8.85. The molecule has 6 nitrogen and oxygen atoms in total. The highest BCUT2D eigenvalue weighted by atomic mass is 16.7. The predicted octanol–water partition coefficient (Wildman–Crippen LogP) is 0.768. The molecule has 2 rings (SSSR count). The molecule has 0 spiro atoms. The quantitative estimate of drug-likeness (QED) is 0.805. The fourth-order valence-corrected chi connectivity index (χ4v) is 1.67. The maximum atomic E-state index is 10.8. The maximum Gasteiger partial charge on any atom is 0.344 e. The summed E-state index contributed by atoms with van der Waals surface area (Å²) < 4.78 is 15.9. The number of aliphatic carboxylic acids is 1. The van der Waals surface area contributed by atoms with Crippen molar-refractivity contribution >= 4 is 5.97 Å². The molecule has 1 unspecified atom stereocenters. The first-order valence-corrected chi connectivity index (χ1v) is 5.64. The van der Waals surface area contributed by atoms with E-state index in [1.54, 1.807) is 12.1 Å². The van der Waals surface area contributed by atoms with Crippen molar-refractivity contribution in [3.8, 4) is 17.2 Å². The van der Waals surface area contributed by atoms with Crippen molar-refractivity contribution < 1.29 is 24.1 Å². The second-order valence-electron chi connectivity index (χ2n) is 3.95. The van der Waals surface area contributed by atoms with Gasteiger partial charge in [0.05, 0.1) is 0 Å². The van der Waals surface area contributed by atoms with Crippen LogP contribution in [0.15, 0.2) is 12.1 Å². The normalized spacial score (nSPS) is 14.3. The molecule has 98 valence electrons. The first-order valence-electron chi connectivity index (χ1n) is 5.64. The number of hydrogen-bond acceptors (Lipinski definition) is 5. The number of benzene rings is 1. The third-order valence-electron chi connectivity index (χ3n) is 2.62. The fourth-order valence-electron chi connectivity index (χ4n) is 1.67. The van der Waals surface area contributed by atoms with Gasteiger partial charge in [0.1, 0.15) is 5.75 Å². The summed E-state index contributed by atoms with van der Waals surface area (Å²) in [5.74, 6) is 0.642. The van der Waals surface area contributed by atoms with E-state index in [0.29, 0.717) is 30.2 Å². The molecule has 6 heteroatoms. The Balaban J connectivity index is 2.29. The average Bonchev–Trinajstić information content (AvgIpc) is 2.76. The summed E-state index contributed by atoms with van der Waals surface area (Å²) in [6.07, 6.45) is -0.347. The lowest BCUT2D eigenvalue weighted by molar-refractivity contribution is -0.144. The number of carbonyl (C=O) groups is 1. The Kier molecular flexibility index (Phi) is 3.57. The summed E-state index contributed by atoms with van der Waals surface area (Å²) in [6.45, 7) is 2.08. The van der Waals surface area contributed by atoms with E-state index in [4.69, 9.17) is 25.1 Å². The smallest absolute Gasteiger partial charge is 0.344 e. The molecule has 0 amide bonds. The molecular weight excluding hydrogens is 238 g/mol. The highest BCUT2D eigenvalue weighted by Gasteiger charge is 2.20. The molecule has 1 aliphatic rings. The summed E-state index contributed by atoms with van der Waals surface area (Å²) in [6, 6.07) is 3.42. The third-order valence-corrected chi connectivity index (χ3v) is 2.62. The number of carboxylic acid groups (broad SMARTS) is 1. The molecule has 0 fully saturated rings. The van der Waals surface area contributed by atoms with Crippen LogP contribution in [0.4, 0.5) is 0 Å². The van der Waals surface area contributed by atoms with Crippen LogP contribution in [0.25, 0.3) is 0 Å². The van der Waals surface area contributed by atoms with Crippen LogP contribution in [0, 0.1) is 0 Å². The lowest BCUT2D eigenvalue weighted by atomic mass is 10.1. The van der Waals surface area contributed by atoms with Crippen LogP contribution in [0.3, 0.4) is 0 Å².